The molecule has 0 heterocycles. The molecule has 0 aromatic heterocycles. The number of anilines is 1. The molecule has 2 rings (SSSR count). The van der Waals surface area contributed by atoms with Crippen LogP contribution in [0.3, 0.4) is 0 Å². The SMILES string of the molecule is Cc1ccccc1OCC(=O)Nc1ccc(CCC(=O)N(C)C)cc1. The van der Waals surface area contributed by atoms with E-state index in [-0.39, 0.29) is 18.4 Å². The molecule has 5 nitrogen and oxygen atoms in total. The molecule has 2 amide bonds. The molecule has 0 spiro atoms. The van der Waals surface area contributed by atoms with Crippen molar-refractivity contribution in [1.82, 2.24) is 4.90 Å². The molecule has 0 unspecified atom stereocenters. The molecule has 0 aliphatic rings. The lowest BCUT2D eigenvalue weighted by atomic mass is 10.1. The van der Waals surface area contributed by atoms with Crippen molar-refractivity contribution in [2.45, 2.75) is 19.8 Å². The summed E-state index contributed by atoms with van der Waals surface area (Å²) in [5.74, 6) is 0.600. The van der Waals surface area contributed by atoms with E-state index >= 15 is 0 Å². The number of nitrogens with zero attached hydrogens (tertiary/aromatic N) is 1. The molecular formula is C20H24N2O3. The molecule has 0 fully saturated rings. The highest BCUT2D eigenvalue weighted by Gasteiger charge is 2.07. The van der Waals surface area contributed by atoms with E-state index < -0.39 is 0 Å². The number of para-hydroxylation sites is 1. The second kappa shape index (κ2) is 8.87. The van der Waals surface area contributed by atoms with Gasteiger partial charge in [0, 0.05) is 26.2 Å². The van der Waals surface area contributed by atoms with E-state index in [2.05, 4.69) is 5.32 Å². The number of aryl methyl sites for hydroxylation is 2. The first kappa shape index (κ1) is 18.5. The average Bonchev–Trinajstić information content (AvgIpc) is 2.60. The monoisotopic (exact) mass is 340 g/mol. The van der Waals surface area contributed by atoms with Gasteiger partial charge in [-0.25, -0.2) is 0 Å². The third kappa shape index (κ3) is 5.95. The highest BCUT2D eigenvalue weighted by Crippen LogP contribution is 2.16. The Morgan fingerprint density at radius 1 is 1.04 bits per heavy atom. The Kier molecular flexibility index (Phi) is 6.57. The van der Waals surface area contributed by atoms with Crippen LogP contribution in [-0.4, -0.2) is 37.4 Å². The van der Waals surface area contributed by atoms with Crippen LogP contribution in [0.15, 0.2) is 48.5 Å². The zero-order valence-corrected chi connectivity index (χ0v) is 14.9. The first-order chi connectivity index (χ1) is 12.0. The van der Waals surface area contributed by atoms with Crippen molar-refractivity contribution in [3.63, 3.8) is 0 Å². The third-order valence-electron chi connectivity index (χ3n) is 3.82. The van der Waals surface area contributed by atoms with Gasteiger partial charge in [0.05, 0.1) is 0 Å². The average molecular weight is 340 g/mol. The minimum atomic E-state index is -0.209. The van der Waals surface area contributed by atoms with Crippen molar-refractivity contribution in [2.75, 3.05) is 26.0 Å². The Balaban J connectivity index is 1.81. The molecule has 0 atom stereocenters. The fraction of sp³-hybridized carbons (Fsp3) is 0.300. The molecule has 25 heavy (non-hydrogen) atoms. The van der Waals surface area contributed by atoms with E-state index in [4.69, 9.17) is 4.74 Å². The third-order valence-corrected chi connectivity index (χ3v) is 3.82. The fourth-order valence-corrected chi connectivity index (χ4v) is 2.29. The van der Waals surface area contributed by atoms with Crippen LogP contribution in [0.4, 0.5) is 5.69 Å². The Labute approximate surface area is 148 Å². The number of hydrogen-bond donors (Lipinski definition) is 1. The van der Waals surface area contributed by atoms with Crippen molar-refractivity contribution in [3.05, 3.63) is 59.7 Å². The molecule has 1 N–H and O–H groups in total. The molecule has 0 saturated heterocycles. The maximum atomic E-state index is 12.0. The topological polar surface area (TPSA) is 58.6 Å². The number of hydrogen-bond acceptors (Lipinski definition) is 3. The van der Waals surface area contributed by atoms with Crippen LogP contribution in [0.25, 0.3) is 0 Å². The molecule has 0 bridgehead atoms. The molecule has 0 saturated carbocycles. The zero-order chi connectivity index (χ0) is 18.2. The molecule has 5 heteroatoms. The summed E-state index contributed by atoms with van der Waals surface area (Å²) in [6, 6.07) is 15.1. The van der Waals surface area contributed by atoms with Crippen LogP contribution < -0.4 is 10.1 Å². The number of amides is 2. The number of ether oxygens (including phenoxy) is 1. The normalized spacial score (nSPS) is 10.2. The summed E-state index contributed by atoms with van der Waals surface area (Å²) >= 11 is 0. The summed E-state index contributed by atoms with van der Waals surface area (Å²) in [4.78, 5) is 25.2. The Morgan fingerprint density at radius 2 is 1.72 bits per heavy atom. The van der Waals surface area contributed by atoms with Gasteiger partial charge in [0.1, 0.15) is 5.75 Å². The summed E-state index contributed by atoms with van der Waals surface area (Å²) in [6.07, 6.45) is 1.16. The highest BCUT2D eigenvalue weighted by molar-refractivity contribution is 5.91. The smallest absolute Gasteiger partial charge is 0.262 e. The number of benzene rings is 2. The molecule has 0 aliphatic carbocycles. The fourth-order valence-electron chi connectivity index (χ4n) is 2.29. The zero-order valence-electron chi connectivity index (χ0n) is 14.9. The van der Waals surface area contributed by atoms with Crippen molar-refractivity contribution in [2.24, 2.45) is 0 Å². The van der Waals surface area contributed by atoms with E-state index in [0.717, 1.165) is 11.1 Å². The van der Waals surface area contributed by atoms with Crippen LogP contribution in [0, 0.1) is 6.92 Å². The van der Waals surface area contributed by atoms with Crippen molar-refractivity contribution >= 4 is 17.5 Å². The summed E-state index contributed by atoms with van der Waals surface area (Å²) in [5, 5.41) is 2.80. The van der Waals surface area contributed by atoms with Gasteiger partial charge in [0.25, 0.3) is 5.91 Å². The number of rotatable bonds is 7. The van der Waals surface area contributed by atoms with Gasteiger partial charge >= 0.3 is 0 Å². The largest absolute Gasteiger partial charge is 0.483 e. The maximum Gasteiger partial charge on any atom is 0.262 e. The van der Waals surface area contributed by atoms with E-state index in [1.807, 2.05) is 55.5 Å². The molecule has 2 aromatic rings. The van der Waals surface area contributed by atoms with Crippen LogP contribution in [0.5, 0.6) is 5.75 Å². The molecule has 0 aliphatic heterocycles. The van der Waals surface area contributed by atoms with E-state index in [0.29, 0.717) is 24.3 Å². The summed E-state index contributed by atoms with van der Waals surface area (Å²) < 4.78 is 5.53. The summed E-state index contributed by atoms with van der Waals surface area (Å²) in [5.41, 5.74) is 2.76. The lowest BCUT2D eigenvalue weighted by molar-refractivity contribution is -0.128. The Bertz CT molecular complexity index is 724. The number of carbonyl (C=O) groups is 2. The van der Waals surface area contributed by atoms with Gasteiger partial charge in [-0.05, 0) is 42.7 Å². The molecule has 132 valence electrons. The Morgan fingerprint density at radius 3 is 2.36 bits per heavy atom. The first-order valence-corrected chi connectivity index (χ1v) is 8.23. The van der Waals surface area contributed by atoms with Gasteiger partial charge in [0.2, 0.25) is 5.91 Å². The number of carbonyl (C=O) groups excluding carboxylic acids is 2. The predicted molar refractivity (Wildman–Crippen MR) is 98.8 cm³/mol. The lowest BCUT2D eigenvalue weighted by Crippen LogP contribution is -2.21. The lowest BCUT2D eigenvalue weighted by Gasteiger charge is -2.11. The number of nitrogens with one attached hydrogen (secondary N) is 1. The van der Waals surface area contributed by atoms with Crippen molar-refractivity contribution in [1.29, 1.82) is 0 Å². The molecular weight excluding hydrogens is 316 g/mol. The van der Waals surface area contributed by atoms with Crippen molar-refractivity contribution in [3.8, 4) is 5.75 Å². The van der Waals surface area contributed by atoms with Crippen LogP contribution in [0.1, 0.15) is 17.5 Å². The van der Waals surface area contributed by atoms with Crippen molar-refractivity contribution < 1.29 is 14.3 Å². The summed E-state index contributed by atoms with van der Waals surface area (Å²) in [7, 11) is 3.50. The van der Waals surface area contributed by atoms with Crippen LogP contribution in [0.2, 0.25) is 0 Å². The maximum absolute atomic E-state index is 12.0. The van der Waals surface area contributed by atoms with Gasteiger partial charge in [-0.2, -0.15) is 0 Å². The van der Waals surface area contributed by atoms with Crippen LogP contribution >= 0.6 is 0 Å². The molecule has 0 radical (unpaired) electrons. The van der Waals surface area contributed by atoms with Gasteiger partial charge in [-0.3, -0.25) is 9.59 Å². The van der Waals surface area contributed by atoms with E-state index in [1.165, 1.54) is 0 Å². The predicted octanol–water partition coefficient (Wildman–Crippen LogP) is 3.03. The van der Waals surface area contributed by atoms with Gasteiger partial charge in [0.15, 0.2) is 6.61 Å². The Hall–Kier alpha value is -2.82. The highest BCUT2D eigenvalue weighted by atomic mass is 16.5. The van der Waals surface area contributed by atoms with E-state index in [1.54, 1.807) is 19.0 Å². The van der Waals surface area contributed by atoms with Gasteiger partial charge < -0.3 is 15.0 Å². The van der Waals surface area contributed by atoms with Crippen LogP contribution in [-0.2, 0) is 16.0 Å². The minimum absolute atomic E-state index is 0.0378. The molecule has 2 aromatic carbocycles. The first-order valence-electron chi connectivity index (χ1n) is 8.23. The second-order valence-electron chi connectivity index (χ2n) is 6.09. The summed E-state index contributed by atoms with van der Waals surface area (Å²) in [6.45, 7) is 1.90. The minimum Gasteiger partial charge on any atom is -0.483 e. The second-order valence-corrected chi connectivity index (χ2v) is 6.09. The quantitative estimate of drug-likeness (QED) is 0.843. The van der Waals surface area contributed by atoms with Gasteiger partial charge in [-0.15, -0.1) is 0 Å². The van der Waals surface area contributed by atoms with E-state index in [9.17, 15) is 9.59 Å². The van der Waals surface area contributed by atoms with Gasteiger partial charge in [-0.1, -0.05) is 30.3 Å². The standard InChI is InChI=1S/C20H24N2O3/c1-15-6-4-5-7-18(15)25-14-19(23)21-17-11-8-16(9-12-17)10-13-20(24)22(2)3/h4-9,11-12H,10,13-14H2,1-3H3,(H,21,23).